The normalized spacial score (nSPS) is 15.5. The average molecular weight is 290 g/mol. The quantitative estimate of drug-likeness (QED) is 0.803. The standard InChI is InChI=1S/C18H18N4/c1-12-17-15-8-4-3-7-14(15)16(22(17)11-21-12)10-13-6-5-9-20-18(13)19-2/h3-9,11,16H,10H2,1-2H3,(H,19,20). The number of benzene rings is 1. The lowest BCUT2D eigenvalue weighted by Crippen LogP contribution is -2.10. The predicted octanol–water partition coefficient (Wildman–Crippen LogP) is 3.44. The lowest BCUT2D eigenvalue weighted by Gasteiger charge is -2.16. The van der Waals surface area contributed by atoms with Gasteiger partial charge in [-0.1, -0.05) is 30.3 Å². The molecule has 1 atom stereocenters. The number of pyridine rings is 1. The molecule has 1 N–H and O–H groups in total. The van der Waals surface area contributed by atoms with E-state index in [4.69, 9.17) is 0 Å². The van der Waals surface area contributed by atoms with Crippen molar-refractivity contribution in [1.29, 1.82) is 0 Å². The Balaban J connectivity index is 1.82. The van der Waals surface area contributed by atoms with E-state index in [0.717, 1.165) is 17.9 Å². The second-order valence-corrected chi connectivity index (χ2v) is 5.65. The lowest BCUT2D eigenvalue weighted by molar-refractivity contribution is 0.608. The fraction of sp³-hybridized carbons (Fsp3) is 0.222. The summed E-state index contributed by atoms with van der Waals surface area (Å²) in [4.78, 5) is 8.92. The van der Waals surface area contributed by atoms with E-state index in [9.17, 15) is 0 Å². The molecule has 0 amide bonds. The van der Waals surface area contributed by atoms with Gasteiger partial charge < -0.3 is 9.88 Å². The number of nitrogens with one attached hydrogen (secondary N) is 1. The van der Waals surface area contributed by atoms with Gasteiger partial charge in [0.2, 0.25) is 0 Å². The van der Waals surface area contributed by atoms with Crippen molar-refractivity contribution in [1.82, 2.24) is 14.5 Å². The summed E-state index contributed by atoms with van der Waals surface area (Å²) in [5.74, 6) is 0.949. The number of anilines is 1. The van der Waals surface area contributed by atoms with E-state index in [1.807, 2.05) is 25.6 Å². The Bertz CT molecular complexity index is 835. The number of hydrogen-bond donors (Lipinski definition) is 1. The monoisotopic (exact) mass is 290 g/mol. The third-order valence-electron chi connectivity index (χ3n) is 4.43. The van der Waals surface area contributed by atoms with Gasteiger partial charge in [-0.25, -0.2) is 9.97 Å². The van der Waals surface area contributed by atoms with E-state index in [-0.39, 0.29) is 6.04 Å². The third kappa shape index (κ3) is 1.84. The van der Waals surface area contributed by atoms with Crippen molar-refractivity contribution in [3.63, 3.8) is 0 Å². The molecule has 0 saturated carbocycles. The van der Waals surface area contributed by atoms with Crippen LogP contribution in [0, 0.1) is 6.92 Å². The molecule has 3 heterocycles. The highest BCUT2D eigenvalue weighted by molar-refractivity contribution is 5.71. The summed E-state index contributed by atoms with van der Waals surface area (Å²) in [6.07, 6.45) is 4.69. The summed E-state index contributed by atoms with van der Waals surface area (Å²) in [6.45, 7) is 2.08. The minimum atomic E-state index is 0.281. The van der Waals surface area contributed by atoms with Gasteiger partial charge in [0.25, 0.3) is 0 Å². The zero-order chi connectivity index (χ0) is 15.1. The average Bonchev–Trinajstić information content (AvgIpc) is 3.08. The SMILES string of the molecule is CNc1ncccc1CC1c2ccccc2-c2c(C)ncn21. The third-order valence-corrected chi connectivity index (χ3v) is 4.43. The van der Waals surface area contributed by atoms with Crippen molar-refractivity contribution in [2.24, 2.45) is 0 Å². The van der Waals surface area contributed by atoms with Crippen LogP contribution in [0.3, 0.4) is 0 Å². The molecule has 0 saturated heterocycles. The summed E-state index contributed by atoms with van der Waals surface area (Å²) in [5, 5.41) is 3.19. The van der Waals surface area contributed by atoms with Crippen LogP contribution < -0.4 is 5.32 Å². The summed E-state index contributed by atoms with van der Waals surface area (Å²) in [6, 6.07) is 13.0. The molecule has 0 spiro atoms. The molecule has 22 heavy (non-hydrogen) atoms. The maximum atomic E-state index is 4.50. The molecular formula is C18H18N4. The fourth-order valence-corrected chi connectivity index (χ4v) is 3.42. The number of nitrogens with zero attached hydrogens (tertiary/aromatic N) is 3. The van der Waals surface area contributed by atoms with Gasteiger partial charge in [-0.2, -0.15) is 0 Å². The van der Waals surface area contributed by atoms with E-state index in [1.54, 1.807) is 0 Å². The maximum Gasteiger partial charge on any atom is 0.128 e. The van der Waals surface area contributed by atoms with Gasteiger partial charge in [0.15, 0.2) is 0 Å². The van der Waals surface area contributed by atoms with Crippen LogP contribution in [0.1, 0.15) is 22.9 Å². The van der Waals surface area contributed by atoms with Gasteiger partial charge >= 0.3 is 0 Å². The number of aryl methyl sites for hydroxylation is 1. The van der Waals surface area contributed by atoms with Gasteiger partial charge in [0.05, 0.1) is 23.8 Å². The van der Waals surface area contributed by atoms with Crippen LogP contribution in [0.25, 0.3) is 11.3 Å². The van der Waals surface area contributed by atoms with Gasteiger partial charge in [0, 0.05) is 25.2 Å². The van der Waals surface area contributed by atoms with Gasteiger partial charge in [-0.3, -0.25) is 0 Å². The first-order chi connectivity index (χ1) is 10.8. The largest absolute Gasteiger partial charge is 0.373 e. The van der Waals surface area contributed by atoms with Crippen LogP contribution in [0.4, 0.5) is 5.82 Å². The van der Waals surface area contributed by atoms with Crippen molar-refractivity contribution in [2.45, 2.75) is 19.4 Å². The smallest absolute Gasteiger partial charge is 0.128 e. The number of aromatic nitrogens is 3. The van der Waals surface area contributed by atoms with Crippen LogP contribution in [0.2, 0.25) is 0 Å². The Morgan fingerprint density at radius 1 is 1.14 bits per heavy atom. The molecule has 0 fully saturated rings. The van der Waals surface area contributed by atoms with E-state index >= 15 is 0 Å². The molecule has 0 bridgehead atoms. The zero-order valence-electron chi connectivity index (χ0n) is 12.7. The van der Waals surface area contributed by atoms with Crippen molar-refractivity contribution >= 4 is 5.82 Å². The number of rotatable bonds is 3. The Morgan fingerprint density at radius 2 is 2.00 bits per heavy atom. The van der Waals surface area contributed by atoms with Crippen molar-refractivity contribution < 1.29 is 0 Å². The molecule has 3 aromatic rings. The van der Waals surface area contributed by atoms with Gasteiger partial charge in [-0.05, 0) is 24.1 Å². The maximum absolute atomic E-state index is 4.50. The highest BCUT2D eigenvalue weighted by atomic mass is 15.1. The molecule has 1 aromatic carbocycles. The molecular weight excluding hydrogens is 272 g/mol. The van der Waals surface area contributed by atoms with Crippen molar-refractivity contribution in [3.8, 4) is 11.3 Å². The summed E-state index contributed by atoms with van der Waals surface area (Å²) >= 11 is 0. The Hall–Kier alpha value is -2.62. The van der Waals surface area contributed by atoms with E-state index in [2.05, 4.69) is 57.1 Å². The highest BCUT2D eigenvalue weighted by Gasteiger charge is 2.30. The van der Waals surface area contributed by atoms with Crippen LogP contribution in [0.5, 0.6) is 0 Å². The molecule has 0 aliphatic carbocycles. The fourth-order valence-electron chi connectivity index (χ4n) is 3.42. The molecule has 0 radical (unpaired) electrons. The molecule has 2 aromatic heterocycles. The van der Waals surface area contributed by atoms with Crippen LogP contribution in [-0.2, 0) is 6.42 Å². The van der Waals surface area contributed by atoms with E-state index < -0.39 is 0 Å². The molecule has 110 valence electrons. The summed E-state index contributed by atoms with van der Waals surface area (Å²) < 4.78 is 2.30. The zero-order valence-corrected chi connectivity index (χ0v) is 12.7. The predicted molar refractivity (Wildman–Crippen MR) is 88.0 cm³/mol. The minimum absolute atomic E-state index is 0.281. The highest BCUT2D eigenvalue weighted by Crippen LogP contribution is 2.42. The van der Waals surface area contributed by atoms with Crippen molar-refractivity contribution in [2.75, 3.05) is 12.4 Å². The second kappa shape index (κ2) is 4.98. The first-order valence-corrected chi connectivity index (χ1v) is 7.54. The van der Waals surface area contributed by atoms with E-state index in [0.29, 0.717) is 0 Å². The number of hydrogen-bond acceptors (Lipinski definition) is 3. The molecule has 4 nitrogen and oxygen atoms in total. The number of imidazole rings is 1. The van der Waals surface area contributed by atoms with E-state index in [1.165, 1.54) is 22.4 Å². The molecule has 1 aliphatic heterocycles. The van der Waals surface area contributed by atoms with Gasteiger partial charge in [0.1, 0.15) is 5.82 Å². The Labute approximate surface area is 129 Å². The lowest BCUT2D eigenvalue weighted by atomic mass is 9.97. The van der Waals surface area contributed by atoms with Crippen LogP contribution in [-0.4, -0.2) is 21.6 Å². The second-order valence-electron chi connectivity index (χ2n) is 5.65. The number of fused-ring (bicyclic) bond motifs is 3. The molecule has 1 aliphatic rings. The minimum Gasteiger partial charge on any atom is -0.373 e. The molecule has 4 rings (SSSR count). The molecule has 4 heteroatoms. The summed E-state index contributed by atoms with van der Waals surface area (Å²) in [5.41, 5.74) is 6.24. The van der Waals surface area contributed by atoms with Crippen LogP contribution >= 0.6 is 0 Å². The summed E-state index contributed by atoms with van der Waals surface area (Å²) in [7, 11) is 1.92. The first-order valence-electron chi connectivity index (χ1n) is 7.54. The van der Waals surface area contributed by atoms with Crippen molar-refractivity contribution in [3.05, 3.63) is 65.7 Å². The molecule has 1 unspecified atom stereocenters. The van der Waals surface area contributed by atoms with Crippen LogP contribution in [0.15, 0.2) is 48.9 Å². The Morgan fingerprint density at radius 3 is 2.86 bits per heavy atom. The van der Waals surface area contributed by atoms with Gasteiger partial charge in [-0.15, -0.1) is 0 Å². The topological polar surface area (TPSA) is 42.7 Å². The first kappa shape index (κ1) is 13.1. The Kier molecular flexibility index (Phi) is 2.96.